The highest BCUT2D eigenvalue weighted by Gasteiger charge is 2.49. The maximum atomic E-state index is 13.0. The van der Waals surface area contributed by atoms with Gasteiger partial charge in [0.1, 0.15) is 0 Å². The third kappa shape index (κ3) is 2.32. The van der Waals surface area contributed by atoms with Gasteiger partial charge in [0.15, 0.2) is 5.72 Å². The molecule has 0 saturated heterocycles. The predicted octanol–water partition coefficient (Wildman–Crippen LogP) is 4.36. The van der Waals surface area contributed by atoms with Gasteiger partial charge in [-0.3, -0.25) is 9.69 Å². The van der Waals surface area contributed by atoms with E-state index in [0.29, 0.717) is 23.2 Å². The molecule has 120 valence electrons. The Bertz CT molecular complexity index is 908. The first kappa shape index (κ1) is 15.6. The van der Waals surface area contributed by atoms with Crippen molar-refractivity contribution in [2.75, 3.05) is 0 Å². The average Bonchev–Trinajstić information content (AvgIpc) is 3.12. The predicted molar refractivity (Wildman–Crippen MR) is 97.8 cm³/mol. The summed E-state index contributed by atoms with van der Waals surface area (Å²) < 4.78 is 1.00. The van der Waals surface area contributed by atoms with Gasteiger partial charge in [0.05, 0.1) is 10.3 Å². The Morgan fingerprint density at radius 2 is 1.71 bits per heavy atom. The molecule has 0 radical (unpaired) electrons. The lowest BCUT2D eigenvalue weighted by atomic mass is 9.94. The molecule has 24 heavy (non-hydrogen) atoms. The molecule has 2 aromatic carbocycles. The first-order valence-corrected chi connectivity index (χ1v) is 9.15. The standard InChI is InChI=1S/C19H14BrNO2S/c20-17-11-10-14(24-17)12-21-18(22)15-8-4-5-9-16(15)19(21,23)13-6-2-1-3-7-13/h1-11,23H,12H2/t19-/m0/s1. The Kier molecular flexibility index (Phi) is 3.79. The SMILES string of the molecule is O=C1c2ccccc2[C@@](O)(c2ccccc2)N1Cc1ccc(Br)s1. The van der Waals surface area contributed by atoms with Crippen LogP contribution < -0.4 is 0 Å². The number of hydrogen-bond donors (Lipinski definition) is 1. The number of fused-ring (bicyclic) bond motifs is 1. The molecule has 3 aromatic rings. The number of carbonyl (C=O) groups is 1. The summed E-state index contributed by atoms with van der Waals surface area (Å²) >= 11 is 5.01. The zero-order chi connectivity index (χ0) is 16.7. The second-order valence-corrected chi connectivity index (χ2v) is 8.23. The molecule has 4 rings (SSSR count). The minimum atomic E-state index is -1.45. The lowest BCUT2D eigenvalue weighted by Gasteiger charge is -2.34. The van der Waals surface area contributed by atoms with E-state index in [1.807, 2.05) is 60.7 Å². The molecule has 0 fully saturated rings. The highest BCUT2D eigenvalue weighted by Crippen LogP contribution is 2.43. The van der Waals surface area contributed by atoms with Crippen molar-refractivity contribution in [2.45, 2.75) is 12.3 Å². The molecule has 1 amide bonds. The quantitative estimate of drug-likeness (QED) is 0.710. The van der Waals surface area contributed by atoms with Crippen molar-refractivity contribution in [2.24, 2.45) is 0 Å². The molecule has 0 spiro atoms. The fraction of sp³-hybridized carbons (Fsp3) is 0.105. The monoisotopic (exact) mass is 399 g/mol. The van der Waals surface area contributed by atoms with E-state index in [9.17, 15) is 9.90 Å². The average molecular weight is 400 g/mol. The van der Waals surface area contributed by atoms with E-state index in [4.69, 9.17) is 0 Å². The first-order chi connectivity index (χ1) is 11.6. The second kappa shape index (κ2) is 5.84. The molecular formula is C19H14BrNO2S. The van der Waals surface area contributed by atoms with E-state index in [2.05, 4.69) is 15.9 Å². The summed E-state index contributed by atoms with van der Waals surface area (Å²) in [5, 5.41) is 11.6. The van der Waals surface area contributed by atoms with E-state index >= 15 is 0 Å². The number of rotatable bonds is 3. The largest absolute Gasteiger partial charge is 0.363 e. The highest BCUT2D eigenvalue weighted by atomic mass is 79.9. The Balaban J connectivity index is 1.86. The van der Waals surface area contributed by atoms with E-state index in [1.54, 1.807) is 22.3 Å². The molecule has 0 aliphatic carbocycles. The Labute approximate surface area is 152 Å². The van der Waals surface area contributed by atoms with Gasteiger partial charge in [-0.2, -0.15) is 0 Å². The normalized spacial score (nSPS) is 19.6. The van der Waals surface area contributed by atoms with Crippen molar-refractivity contribution in [1.29, 1.82) is 0 Å². The Hall–Kier alpha value is -1.95. The minimum absolute atomic E-state index is 0.151. The summed E-state index contributed by atoms with van der Waals surface area (Å²) in [6.45, 7) is 0.356. The summed E-state index contributed by atoms with van der Waals surface area (Å²) in [4.78, 5) is 15.5. The number of thiophene rings is 1. The Morgan fingerprint density at radius 1 is 1.00 bits per heavy atom. The summed E-state index contributed by atoms with van der Waals surface area (Å²) in [7, 11) is 0. The van der Waals surface area contributed by atoms with Crippen LogP contribution in [0.4, 0.5) is 0 Å². The van der Waals surface area contributed by atoms with Gasteiger partial charge < -0.3 is 5.11 Å². The van der Waals surface area contributed by atoms with Gasteiger partial charge in [-0.05, 0) is 34.1 Å². The fourth-order valence-electron chi connectivity index (χ4n) is 3.17. The maximum Gasteiger partial charge on any atom is 0.257 e. The zero-order valence-electron chi connectivity index (χ0n) is 12.6. The van der Waals surface area contributed by atoms with Crippen LogP contribution in [0.3, 0.4) is 0 Å². The number of hydrogen-bond acceptors (Lipinski definition) is 3. The third-order valence-corrected chi connectivity index (χ3v) is 5.90. The minimum Gasteiger partial charge on any atom is -0.363 e. The van der Waals surface area contributed by atoms with E-state index < -0.39 is 5.72 Å². The summed E-state index contributed by atoms with van der Waals surface area (Å²) in [6.07, 6.45) is 0. The molecule has 1 N–H and O–H groups in total. The number of nitrogens with zero attached hydrogens (tertiary/aromatic N) is 1. The van der Waals surface area contributed by atoms with Gasteiger partial charge in [0.25, 0.3) is 5.91 Å². The molecule has 0 bridgehead atoms. The highest BCUT2D eigenvalue weighted by molar-refractivity contribution is 9.11. The van der Waals surface area contributed by atoms with Gasteiger partial charge in [0, 0.05) is 21.6 Å². The van der Waals surface area contributed by atoms with Crippen LogP contribution in [0, 0.1) is 0 Å². The van der Waals surface area contributed by atoms with Crippen molar-refractivity contribution >= 4 is 33.2 Å². The van der Waals surface area contributed by atoms with Crippen molar-refractivity contribution in [3.8, 4) is 0 Å². The molecule has 1 atom stereocenters. The first-order valence-electron chi connectivity index (χ1n) is 7.54. The lowest BCUT2D eigenvalue weighted by Crippen LogP contribution is -2.44. The van der Waals surface area contributed by atoms with Crippen LogP contribution in [0.15, 0.2) is 70.5 Å². The molecule has 0 unspecified atom stereocenters. The smallest absolute Gasteiger partial charge is 0.257 e. The van der Waals surface area contributed by atoms with Crippen molar-refractivity contribution in [3.05, 3.63) is 92.1 Å². The van der Waals surface area contributed by atoms with Gasteiger partial charge in [0.2, 0.25) is 0 Å². The van der Waals surface area contributed by atoms with Crippen LogP contribution in [0.5, 0.6) is 0 Å². The molecular weight excluding hydrogens is 386 g/mol. The Morgan fingerprint density at radius 3 is 2.42 bits per heavy atom. The topological polar surface area (TPSA) is 40.5 Å². The zero-order valence-corrected chi connectivity index (χ0v) is 15.0. The molecule has 1 aromatic heterocycles. The maximum absolute atomic E-state index is 13.0. The van der Waals surface area contributed by atoms with Gasteiger partial charge in [-0.1, -0.05) is 48.5 Å². The van der Waals surface area contributed by atoms with Crippen LogP contribution >= 0.6 is 27.3 Å². The molecule has 0 saturated carbocycles. The van der Waals surface area contributed by atoms with Crippen molar-refractivity contribution < 1.29 is 9.90 Å². The van der Waals surface area contributed by atoms with Crippen LogP contribution in [-0.2, 0) is 12.3 Å². The summed E-state index contributed by atoms with van der Waals surface area (Å²) in [5.74, 6) is -0.151. The lowest BCUT2D eigenvalue weighted by molar-refractivity contribution is -0.0538. The number of aliphatic hydroxyl groups is 1. The van der Waals surface area contributed by atoms with Crippen LogP contribution in [0.2, 0.25) is 0 Å². The van der Waals surface area contributed by atoms with Crippen LogP contribution in [-0.4, -0.2) is 15.9 Å². The number of benzene rings is 2. The van der Waals surface area contributed by atoms with Gasteiger partial charge in [-0.25, -0.2) is 0 Å². The van der Waals surface area contributed by atoms with E-state index in [0.717, 1.165) is 8.66 Å². The molecule has 5 heteroatoms. The van der Waals surface area contributed by atoms with Gasteiger partial charge in [-0.15, -0.1) is 11.3 Å². The van der Waals surface area contributed by atoms with Crippen LogP contribution in [0.1, 0.15) is 26.4 Å². The summed E-state index contributed by atoms with van der Waals surface area (Å²) in [6, 6.07) is 20.6. The molecule has 1 aliphatic heterocycles. The number of carbonyl (C=O) groups excluding carboxylic acids is 1. The fourth-order valence-corrected chi connectivity index (χ4v) is 4.64. The number of halogens is 1. The number of amides is 1. The molecule has 2 heterocycles. The molecule has 3 nitrogen and oxygen atoms in total. The van der Waals surface area contributed by atoms with Crippen molar-refractivity contribution in [3.63, 3.8) is 0 Å². The van der Waals surface area contributed by atoms with E-state index in [1.165, 1.54) is 0 Å². The van der Waals surface area contributed by atoms with Crippen LogP contribution in [0.25, 0.3) is 0 Å². The van der Waals surface area contributed by atoms with Crippen molar-refractivity contribution in [1.82, 2.24) is 4.90 Å². The third-order valence-electron chi connectivity index (χ3n) is 4.29. The summed E-state index contributed by atoms with van der Waals surface area (Å²) in [5.41, 5.74) is 0.431. The molecule has 1 aliphatic rings. The van der Waals surface area contributed by atoms with E-state index in [-0.39, 0.29) is 5.91 Å². The van der Waals surface area contributed by atoms with Gasteiger partial charge >= 0.3 is 0 Å². The second-order valence-electron chi connectivity index (χ2n) is 5.68.